The summed E-state index contributed by atoms with van der Waals surface area (Å²) in [6, 6.07) is 8.24. The zero-order valence-corrected chi connectivity index (χ0v) is 22.4. The number of ether oxygens (including phenoxy) is 1. The summed E-state index contributed by atoms with van der Waals surface area (Å²) in [5.41, 5.74) is 7.02. The molecule has 1 saturated carbocycles. The molecule has 0 spiro atoms. The highest BCUT2D eigenvalue weighted by Crippen LogP contribution is 2.52. The monoisotopic (exact) mass is 521 g/mol. The molecule has 2 unspecified atom stereocenters. The van der Waals surface area contributed by atoms with Crippen molar-refractivity contribution in [1.29, 1.82) is 0 Å². The Hall–Kier alpha value is -3.49. The maximum atomic E-state index is 14.3. The second-order valence-electron chi connectivity index (χ2n) is 11.5. The maximum absolute atomic E-state index is 14.3. The summed E-state index contributed by atoms with van der Waals surface area (Å²) >= 11 is 0. The predicted molar refractivity (Wildman–Crippen MR) is 142 cm³/mol. The van der Waals surface area contributed by atoms with E-state index in [1.807, 2.05) is 38.1 Å². The highest BCUT2D eigenvalue weighted by molar-refractivity contribution is 5.99. The number of carbonyl (C=O) groups excluding carboxylic acids is 2. The molecule has 1 fully saturated rings. The fourth-order valence-electron chi connectivity index (χ4n) is 5.97. The van der Waals surface area contributed by atoms with Gasteiger partial charge in [0, 0.05) is 23.1 Å². The van der Waals surface area contributed by atoms with Crippen molar-refractivity contribution in [3.8, 4) is 5.75 Å². The lowest BCUT2D eigenvalue weighted by Crippen LogP contribution is -2.53. The van der Waals surface area contributed by atoms with E-state index in [2.05, 4.69) is 24.1 Å². The number of halogens is 1. The van der Waals surface area contributed by atoms with Gasteiger partial charge in [-0.15, -0.1) is 0 Å². The Morgan fingerprint density at radius 3 is 2.68 bits per heavy atom. The van der Waals surface area contributed by atoms with Gasteiger partial charge in [0.25, 0.3) is 0 Å². The van der Waals surface area contributed by atoms with Crippen LogP contribution >= 0.6 is 0 Å². The molecule has 5 rings (SSSR count). The van der Waals surface area contributed by atoms with Gasteiger partial charge in [-0.2, -0.15) is 0 Å². The number of amides is 2. The summed E-state index contributed by atoms with van der Waals surface area (Å²) in [6.07, 6.45) is 4.80. The third-order valence-electron chi connectivity index (χ3n) is 8.49. The molecule has 2 amide bonds. The number of guanidine groups is 1. The summed E-state index contributed by atoms with van der Waals surface area (Å²) in [5.74, 6) is -0.497. The molecule has 2 aliphatic heterocycles. The number of fused-ring (bicyclic) bond motifs is 1. The zero-order valence-electron chi connectivity index (χ0n) is 22.4. The Balaban J connectivity index is 1.43. The molecule has 1 aromatic heterocycles. The van der Waals surface area contributed by atoms with Gasteiger partial charge >= 0.3 is 0 Å². The van der Waals surface area contributed by atoms with E-state index in [0.717, 1.165) is 17.5 Å². The normalized spacial score (nSPS) is 26.0. The lowest BCUT2D eigenvalue weighted by molar-refractivity contribution is -0.133. The van der Waals surface area contributed by atoms with E-state index in [1.165, 1.54) is 11.0 Å². The molecule has 0 radical (unpaired) electrons. The van der Waals surface area contributed by atoms with Crippen molar-refractivity contribution in [2.75, 3.05) is 6.61 Å². The van der Waals surface area contributed by atoms with Gasteiger partial charge in [0.1, 0.15) is 11.6 Å². The molecule has 1 aliphatic carbocycles. The first-order chi connectivity index (χ1) is 18.1. The first kappa shape index (κ1) is 26.1. The average Bonchev–Trinajstić information content (AvgIpc) is 3.68. The summed E-state index contributed by atoms with van der Waals surface area (Å²) in [4.78, 5) is 37.4. The predicted octanol–water partition coefficient (Wildman–Crippen LogP) is 4.28. The molecule has 38 heavy (non-hydrogen) atoms. The Morgan fingerprint density at radius 2 is 2.00 bits per heavy atom. The first-order valence-corrected chi connectivity index (χ1v) is 13.4. The zero-order chi connectivity index (χ0) is 27.2. The molecular weight excluding hydrogens is 485 g/mol. The van der Waals surface area contributed by atoms with Gasteiger partial charge in [0.15, 0.2) is 5.96 Å². The minimum Gasteiger partial charge on any atom is -0.493 e. The van der Waals surface area contributed by atoms with Crippen LogP contribution in [0.15, 0.2) is 47.7 Å². The summed E-state index contributed by atoms with van der Waals surface area (Å²) in [6.45, 7) is 8.60. The third kappa shape index (κ3) is 4.63. The molecule has 202 valence electrons. The lowest BCUT2D eigenvalue weighted by atomic mass is 9.79. The van der Waals surface area contributed by atoms with Gasteiger partial charge in [0.2, 0.25) is 11.8 Å². The minimum atomic E-state index is -0.633. The summed E-state index contributed by atoms with van der Waals surface area (Å²) < 4.78 is 20.2. The fourth-order valence-corrected chi connectivity index (χ4v) is 5.97. The van der Waals surface area contributed by atoms with E-state index < -0.39 is 17.4 Å². The van der Waals surface area contributed by atoms with Gasteiger partial charge in [-0.25, -0.2) is 9.38 Å². The molecule has 3 N–H and O–H groups in total. The molecule has 8 nitrogen and oxygen atoms in total. The smallest absolute Gasteiger partial charge is 0.232 e. The van der Waals surface area contributed by atoms with Crippen LogP contribution in [0.5, 0.6) is 5.75 Å². The number of rotatable bonds is 7. The number of nitrogens with two attached hydrogens (primary N) is 1. The van der Waals surface area contributed by atoms with Gasteiger partial charge in [-0.3, -0.25) is 19.5 Å². The van der Waals surface area contributed by atoms with Gasteiger partial charge in [0.05, 0.1) is 36.8 Å². The number of aromatic nitrogens is 1. The number of hydrogen-bond acceptors (Lipinski definition) is 6. The standard InChI is InChI=1S/C29H36FN5O3/c1-5-29(6-2)13-23(36)35(27(31)34-29)24(17-11-18(30)15-32-14-17)20-12-21(20)26(37)33-25-19-9-7-8-10-22(19)38-16-28(25,3)4/h7-11,14-15,20-21,24-25H,5-6,12-13,16H2,1-4H3,(H2,31,34)(H,33,37)/t20-,21-,24?,25?/m1/s1. The van der Waals surface area contributed by atoms with Crippen molar-refractivity contribution in [3.63, 3.8) is 0 Å². The first-order valence-electron chi connectivity index (χ1n) is 13.4. The van der Waals surface area contributed by atoms with E-state index in [4.69, 9.17) is 15.5 Å². The quantitative estimate of drug-likeness (QED) is 0.565. The summed E-state index contributed by atoms with van der Waals surface area (Å²) in [7, 11) is 0. The van der Waals surface area contributed by atoms with Crippen LogP contribution in [-0.2, 0) is 9.59 Å². The maximum Gasteiger partial charge on any atom is 0.232 e. The van der Waals surface area contributed by atoms with Gasteiger partial charge in [-0.1, -0.05) is 45.9 Å². The Labute approximate surface area is 222 Å². The van der Waals surface area contributed by atoms with Crippen LogP contribution in [0.3, 0.4) is 0 Å². The van der Waals surface area contributed by atoms with Crippen molar-refractivity contribution >= 4 is 17.8 Å². The molecular formula is C29H36FN5O3. The second kappa shape index (κ2) is 9.67. The van der Waals surface area contributed by atoms with E-state index in [1.54, 1.807) is 6.20 Å². The van der Waals surface area contributed by atoms with E-state index in [-0.39, 0.29) is 47.5 Å². The number of pyridine rings is 1. The Morgan fingerprint density at radius 1 is 1.26 bits per heavy atom. The number of carbonyl (C=O) groups is 2. The van der Waals surface area contributed by atoms with Crippen LogP contribution in [0.1, 0.15) is 76.6 Å². The molecule has 0 saturated heterocycles. The number of nitrogens with one attached hydrogen (secondary N) is 1. The van der Waals surface area contributed by atoms with Crippen LogP contribution in [0.25, 0.3) is 0 Å². The topological polar surface area (TPSA) is 110 Å². The van der Waals surface area contributed by atoms with E-state index in [0.29, 0.717) is 31.4 Å². The molecule has 0 bridgehead atoms. The average molecular weight is 522 g/mol. The van der Waals surface area contributed by atoms with Crippen molar-refractivity contribution in [2.45, 2.75) is 71.0 Å². The molecule has 9 heteroatoms. The number of hydrogen-bond donors (Lipinski definition) is 2. The van der Waals surface area contributed by atoms with Crippen molar-refractivity contribution in [2.24, 2.45) is 28.0 Å². The molecule has 3 aliphatic rings. The lowest BCUT2D eigenvalue weighted by Gasteiger charge is -2.41. The van der Waals surface area contributed by atoms with E-state index in [9.17, 15) is 14.0 Å². The third-order valence-corrected chi connectivity index (χ3v) is 8.49. The molecule has 3 heterocycles. The van der Waals surface area contributed by atoms with Crippen LogP contribution in [0.2, 0.25) is 0 Å². The Kier molecular flexibility index (Phi) is 6.65. The second-order valence-corrected chi connectivity index (χ2v) is 11.5. The van der Waals surface area contributed by atoms with Crippen LogP contribution in [0.4, 0.5) is 4.39 Å². The number of aliphatic imine (C=N–C) groups is 1. The van der Waals surface area contributed by atoms with Crippen LogP contribution in [0, 0.1) is 23.1 Å². The van der Waals surface area contributed by atoms with Crippen molar-refractivity contribution in [1.82, 2.24) is 15.2 Å². The van der Waals surface area contributed by atoms with Crippen LogP contribution in [-0.4, -0.2) is 39.8 Å². The highest BCUT2D eigenvalue weighted by atomic mass is 19.1. The SMILES string of the molecule is CCC1(CC)CC(=O)N(C(c2cncc(F)c2)[C@@H]2C[C@H]2C(=O)NC2c3ccccc3OCC2(C)C)C(N)=N1. The van der Waals surface area contributed by atoms with Crippen molar-refractivity contribution in [3.05, 3.63) is 59.7 Å². The van der Waals surface area contributed by atoms with Crippen LogP contribution < -0.4 is 15.8 Å². The number of para-hydroxylation sites is 1. The molecule has 2 aromatic rings. The fraction of sp³-hybridized carbons (Fsp3) is 0.517. The molecule has 1 aromatic carbocycles. The minimum absolute atomic E-state index is 0.101. The van der Waals surface area contributed by atoms with Crippen molar-refractivity contribution < 1.29 is 18.7 Å². The largest absolute Gasteiger partial charge is 0.493 e. The van der Waals surface area contributed by atoms with E-state index >= 15 is 0 Å². The number of benzene rings is 1. The highest BCUT2D eigenvalue weighted by Gasteiger charge is 2.54. The van der Waals surface area contributed by atoms with Gasteiger partial charge in [-0.05, 0) is 42.9 Å². The number of nitrogens with zero attached hydrogens (tertiary/aromatic N) is 3. The summed E-state index contributed by atoms with van der Waals surface area (Å²) in [5, 5.41) is 3.26. The molecule has 4 atom stereocenters. The Bertz CT molecular complexity index is 1270. The van der Waals surface area contributed by atoms with Gasteiger partial charge < -0.3 is 15.8 Å².